The van der Waals surface area contributed by atoms with E-state index in [0.717, 1.165) is 29.2 Å². The molecule has 1 unspecified atom stereocenters. The Morgan fingerprint density at radius 2 is 2.10 bits per heavy atom. The molecule has 6 heteroatoms. The number of benzene rings is 1. The van der Waals surface area contributed by atoms with Crippen LogP contribution in [0.3, 0.4) is 0 Å². The van der Waals surface area contributed by atoms with Gasteiger partial charge in [-0.1, -0.05) is 18.2 Å². The summed E-state index contributed by atoms with van der Waals surface area (Å²) in [5.41, 5.74) is 2.09. The van der Waals surface area contributed by atoms with Gasteiger partial charge >= 0.3 is 6.03 Å². The molecule has 0 aromatic heterocycles. The van der Waals surface area contributed by atoms with Crippen LogP contribution in [0.4, 0.5) is 10.5 Å². The van der Waals surface area contributed by atoms with Gasteiger partial charge in [0.05, 0.1) is 12.2 Å². The SMILES string of the molecule is CN1C(=O)N(N(C)C2CCCN([O-])C2)Cc2ccccc21. The van der Waals surface area contributed by atoms with E-state index >= 15 is 0 Å². The first-order chi connectivity index (χ1) is 10.1. The molecule has 0 bridgehead atoms. The molecular weight excluding hydrogens is 268 g/mol. The van der Waals surface area contributed by atoms with Crippen LogP contribution in [0, 0.1) is 5.21 Å². The van der Waals surface area contributed by atoms with Crippen molar-refractivity contribution in [3.05, 3.63) is 35.0 Å². The molecule has 2 aliphatic heterocycles. The highest BCUT2D eigenvalue weighted by Crippen LogP contribution is 2.29. The number of amides is 2. The number of hydrogen-bond donors (Lipinski definition) is 0. The maximum Gasteiger partial charge on any atom is 0.339 e. The average Bonchev–Trinajstić information content (AvgIpc) is 2.50. The number of hydroxylamine groups is 2. The van der Waals surface area contributed by atoms with Crippen molar-refractivity contribution in [2.45, 2.75) is 25.4 Å². The number of hydrogen-bond acceptors (Lipinski definition) is 4. The predicted octanol–water partition coefficient (Wildman–Crippen LogP) is 1.87. The Hall–Kier alpha value is -1.63. The van der Waals surface area contributed by atoms with Gasteiger partial charge in [-0.05, 0) is 31.0 Å². The van der Waals surface area contributed by atoms with Gasteiger partial charge in [-0.25, -0.2) is 9.80 Å². The number of urea groups is 1. The Morgan fingerprint density at radius 1 is 1.33 bits per heavy atom. The summed E-state index contributed by atoms with van der Waals surface area (Å²) in [6.07, 6.45) is 1.83. The molecule has 1 aromatic rings. The highest BCUT2D eigenvalue weighted by atomic mass is 16.5. The van der Waals surface area contributed by atoms with Crippen molar-refractivity contribution < 1.29 is 4.79 Å². The van der Waals surface area contributed by atoms with Crippen molar-refractivity contribution in [3.63, 3.8) is 0 Å². The molecule has 0 spiro atoms. The van der Waals surface area contributed by atoms with E-state index in [9.17, 15) is 10.0 Å². The number of carbonyl (C=O) groups is 1. The number of piperidine rings is 1. The summed E-state index contributed by atoms with van der Waals surface area (Å²) in [6, 6.07) is 7.99. The molecule has 1 aromatic carbocycles. The normalized spacial score (nSPS) is 23.6. The van der Waals surface area contributed by atoms with Crippen molar-refractivity contribution in [3.8, 4) is 0 Å². The molecule has 1 atom stereocenters. The van der Waals surface area contributed by atoms with Crippen LogP contribution in [-0.2, 0) is 6.54 Å². The lowest BCUT2D eigenvalue weighted by molar-refractivity contribution is -0.0250. The maximum atomic E-state index is 12.6. The summed E-state index contributed by atoms with van der Waals surface area (Å²) in [5, 5.41) is 16.4. The number of rotatable bonds is 2. The first-order valence-electron chi connectivity index (χ1n) is 7.36. The molecule has 2 aliphatic rings. The third-order valence-corrected chi connectivity index (χ3v) is 4.45. The van der Waals surface area contributed by atoms with Gasteiger partial charge in [0.2, 0.25) is 0 Å². The van der Waals surface area contributed by atoms with Gasteiger partial charge < -0.3 is 10.3 Å². The Balaban J connectivity index is 1.81. The Morgan fingerprint density at radius 3 is 2.86 bits per heavy atom. The lowest BCUT2D eigenvalue weighted by atomic mass is 10.1. The zero-order chi connectivity index (χ0) is 15.0. The first-order valence-corrected chi connectivity index (χ1v) is 7.36. The lowest BCUT2D eigenvalue weighted by Gasteiger charge is -2.47. The number of carbonyl (C=O) groups excluding carboxylic acids is 1. The van der Waals surface area contributed by atoms with Gasteiger partial charge in [0.25, 0.3) is 0 Å². The van der Waals surface area contributed by atoms with Crippen LogP contribution >= 0.6 is 0 Å². The summed E-state index contributed by atoms with van der Waals surface area (Å²) in [7, 11) is 3.70. The van der Waals surface area contributed by atoms with Crippen molar-refractivity contribution in [1.29, 1.82) is 0 Å². The van der Waals surface area contributed by atoms with Crippen molar-refractivity contribution in [2.75, 3.05) is 32.1 Å². The minimum atomic E-state index is -0.0424. The highest BCUT2D eigenvalue weighted by Gasteiger charge is 2.33. The van der Waals surface area contributed by atoms with Crippen LogP contribution in [0.25, 0.3) is 0 Å². The number of likely N-dealkylation sites (N-methyl/N-ethyl adjacent to an activating group) is 1. The number of fused-ring (bicyclic) bond motifs is 1. The van der Waals surface area contributed by atoms with Gasteiger partial charge in [0, 0.05) is 26.7 Å². The van der Waals surface area contributed by atoms with E-state index in [0.29, 0.717) is 19.6 Å². The number of para-hydroxylation sites is 1. The summed E-state index contributed by atoms with van der Waals surface area (Å²) in [4.78, 5) is 14.2. The van der Waals surface area contributed by atoms with Crippen LogP contribution < -0.4 is 4.90 Å². The third-order valence-electron chi connectivity index (χ3n) is 4.45. The molecule has 0 N–H and O–H groups in total. The van der Waals surface area contributed by atoms with Gasteiger partial charge in [-0.2, -0.15) is 0 Å². The van der Waals surface area contributed by atoms with Gasteiger partial charge in [-0.15, -0.1) is 0 Å². The molecule has 0 aliphatic carbocycles. The van der Waals surface area contributed by atoms with Crippen molar-refractivity contribution in [2.24, 2.45) is 0 Å². The zero-order valence-electron chi connectivity index (χ0n) is 12.5. The lowest BCUT2D eigenvalue weighted by Crippen LogP contribution is -2.58. The molecule has 0 radical (unpaired) electrons. The molecule has 2 heterocycles. The summed E-state index contributed by atoms with van der Waals surface area (Å²) in [5.74, 6) is 0. The number of hydrazine groups is 1. The van der Waals surface area contributed by atoms with Crippen molar-refractivity contribution >= 4 is 11.7 Å². The molecular formula is C15H21N4O2-. The minimum Gasteiger partial charge on any atom is -0.785 e. The monoisotopic (exact) mass is 289 g/mol. The largest absolute Gasteiger partial charge is 0.785 e. The van der Waals surface area contributed by atoms with Crippen LogP contribution in [0.2, 0.25) is 0 Å². The molecule has 6 nitrogen and oxygen atoms in total. The van der Waals surface area contributed by atoms with Crippen LogP contribution in [0.15, 0.2) is 24.3 Å². The Labute approximate surface area is 125 Å². The maximum absolute atomic E-state index is 12.6. The fourth-order valence-corrected chi connectivity index (χ4v) is 3.15. The molecule has 2 amide bonds. The second-order valence-electron chi connectivity index (χ2n) is 5.79. The molecule has 114 valence electrons. The quantitative estimate of drug-likeness (QED) is 0.834. The molecule has 1 fully saturated rings. The zero-order valence-corrected chi connectivity index (χ0v) is 12.5. The van der Waals surface area contributed by atoms with Crippen molar-refractivity contribution in [1.82, 2.24) is 15.1 Å². The van der Waals surface area contributed by atoms with E-state index < -0.39 is 0 Å². The fourth-order valence-electron chi connectivity index (χ4n) is 3.15. The van der Waals surface area contributed by atoms with E-state index in [1.54, 1.807) is 17.0 Å². The summed E-state index contributed by atoms with van der Waals surface area (Å²) < 4.78 is 0. The highest BCUT2D eigenvalue weighted by molar-refractivity contribution is 5.94. The first kappa shape index (κ1) is 14.3. The van der Waals surface area contributed by atoms with E-state index in [1.807, 2.05) is 36.3 Å². The number of anilines is 1. The van der Waals surface area contributed by atoms with Gasteiger partial charge in [-0.3, -0.25) is 9.91 Å². The Bertz CT molecular complexity index is 536. The standard InChI is InChI=1S/C15H21N4O2/c1-16-14-8-4-3-6-12(14)10-19(15(16)20)17(2)13-7-5-9-18(21)11-13/h3-4,6,8,13H,5,7,9-11H2,1-2H3/q-1. The van der Waals surface area contributed by atoms with E-state index in [-0.39, 0.29) is 12.1 Å². The van der Waals surface area contributed by atoms with Gasteiger partial charge in [0.1, 0.15) is 0 Å². The second-order valence-corrected chi connectivity index (χ2v) is 5.79. The third kappa shape index (κ3) is 2.62. The van der Waals surface area contributed by atoms with E-state index in [1.165, 1.54) is 0 Å². The molecule has 21 heavy (non-hydrogen) atoms. The molecule has 0 saturated carbocycles. The fraction of sp³-hybridized carbons (Fsp3) is 0.533. The second kappa shape index (κ2) is 5.63. The Kier molecular flexibility index (Phi) is 3.84. The predicted molar refractivity (Wildman–Crippen MR) is 81.5 cm³/mol. The van der Waals surface area contributed by atoms with E-state index in [2.05, 4.69) is 0 Å². The topological polar surface area (TPSA) is 53.1 Å². The van der Waals surface area contributed by atoms with Crippen LogP contribution in [0.5, 0.6) is 0 Å². The minimum absolute atomic E-state index is 0.0424. The van der Waals surface area contributed by atoms with Gasteiger partial charge in [0.15, 0.2) is 0 Å². The molecule has 1 saturated heterocycles. The smallest absolute Gasteiger partial charge is 0.339 e. The summed E-state index contributed by atoms with van der Waals surface area (Å²) in [6.45, 7) is 1.62. The average molecular weight is 289 g/mol. The molecule has 3 rings (SSSR count). The van der Waals surface area contributed by atoms with Crippen LogP contribution in [0.1, 0.15) is 18.4 Å². The summed E-state index contributed by atoms with van der Waals surface area (Å²) >= 11 is 0. The van der Waals surface area contributed by atoms with E-state index in [4.69, 9.17) is 0 Å². The van der Waals surface area contributed by atoms with Crippen LogP contribution in [-0.4, -0.2) is 54.3 Å². The number of nitrogens with zero attached hydrogens (tertiary/aromatic N) is 4.